The highest BCUT2D eigenvalue weighted by molar-refractivity contribution is 5.48. The van der Waals surface area contributed by atoms with Crippen molar-refractivity contribution in [3.8, 4) is 17.4 Å². The summed E-state index contributed by atoms with van der Waals surface area (Å²) in [5.74, 6) is 2.37. The maximum absolute atomic E-state index is 6.07. The molecule has 0 amide bonds. The lowest BCUT2D eigenvalue weighted by Crippen LogP contribution is -2.45. The van der Waals surface area contributed by atoms with E-state index in [1.165, 1.54) is 11.1 Å². The predicted octanol–water partition coefficient (Wildman–Crippen LogP) is 4.08. The summed E-state index contributed by atoms with van der Waals surface area (Å²) < 4.78 is 17.6. The summed E-state index contributed by atoms with van der Waals surface area (Å²) in [4.78, 5) is 7.24. The second kappa shape index (κ2) is 9.05. The third kappa shape index (κ3) is 4.80. The number of aromatic nitrogens is 1. The van der Waals surface area contributed by atoms with Crippen LogP contribution in [0.4, 0.5) is 0 Å². The van der Waals surface area contributed by atoms with Crippen LogP contribution < -0.4 is 19.5 Å². The fourth-order valence-electron chi connectivity index (χ4n) is 4.49. The number of rotatable bonds is 6. The molecule has 2 aliphatic heterocycles. The Morgan fingerprint density at radius 3 is 2.87 bits per heavy atom. The summed E-state index contributed by atoms with van der Waals surface area (Å²) in [6.07, 6.45) is 1.15. The molecule has 1 saturated heterocycles. The molecule has 0 aliphatic carbocycles. The largest absolute Gasteiger partial charge is 0.491 e. The van der Waals surface area contributed by atoms with Crippen molar-refractivity contribution in [3.05, 3.63) is 47.2 Å². The molecular weight excluding hydrogens is 390 g/mol. The van der Waals surface area contributed by atoms with Gasteiger partial charge in [-0.15, -0.1) is 0 Å². The van der Waals surface area contributed by atoms with E-state index >= 15 is 0 Å². The standard InChI is InChI=1S/C25H35N3O3/c1-17(2)31-22-9-7-6-8-19(22)21-16-28(12-11-26-21)15-18-14-20-23(24(27-18)29-5)30-13-10-25(20,3)4/h6-9,14,17,21,26H,10-13,15-16H2,1-5H3/t21-/m1/s1. The number of para-hydroxylation sites is 1. The van der Waals surface area contributed by atoms with Crippen LogP contribution in [0.15, 0.2) is 30.3 Å². The Morgan fingerprint density at radius 2 is 2.10 bits per heavy atom. The second-order valence-electron chi connectivity index (χ2n) is 9.43. The fraction of sp³-hybridized carbons (Fsp3) is 0.560. The SMILES string of the molecule is COc1nc(CN2CCN[C@@H](c3ccccc3OC(C)C)C2)cc2c1OCCC2(C)C. The van der Waals surface area contributed by atoms with E-state index in [1.807, 2.05) is 6.07 Å². The molecule has 1 N–H and O–H groups in total. The van der Waals surface area contributed by atoms with Gasteiger partial charge in [0.2, 0.25) is 0 Å². The van der Waals surface area contributed by atoms with Crippen molar-refractivity contribution in [2.24, 2.45) is 0 Å². The molecule has 6 nitrogen and oxygen atoms in total. The maximum atomic E-state index is 6.07. The van der Waals surface area contributed by atoms with Gasteiger partial charge >= 0.3 is 0 Å². The van der Waals surface area contributed by atoms with Crippen molar-refractivity contribution in [1.82, 2.24) is 15.2 Å². The number of pyridine rings is 1. The maximum Gasteiger partial charge on any atom is 0.257 e. The zero-order valence-electron chi connectivity index (χ0n) is 19.4. The highest BCUT2D eigenvalue weighted by Crippen LogP contribution is 2.43. The molecule has 1 fully saturated rings. The van der Waals surface area contributed by atoms with E-state index in [9.17, 15) is 0 Å². The van der Waals surface area contributed by atoms with Crippen LogP contribution in [0, 0.1) is 0 Å². The van der Waals surface area contributed by atoms with Crippen LogP contribution in [-0.2, 0) is 12.0 Å². The second-order valence-corrected chi connectivity index (χ2v) is 9.43. The molecule has 4 rings (SSSR count). The van der Waals surface area contributed by atoms with Gasteiger partial charge in [0.15, 0.2) is 5.75 Å². The van der Waals surface area contributed by atoms with Crippen LogP contribution >= 0.6 is 0 Å². The number of piperazine rings is 1. The van der Waals surface area contributed by atoms with Gasteiger partial charge in [0.05, 0.1) is 25.5 Å². The molecule has 0 bridgehead atoms. The average Bonchev–Trinajstić information content (AvgIpc) is 2.74. The summed E-state index contributed by atoms with van der Waals surface area (Å²) in [5.41, 5.74) is 3.49. The highest BCUT2D eigenvalue weighted by Gasteiger charge is 2.33. The molecule has 0 saturated carbocycles. The number of hydrogen-bond donors (Lipinski definition) is 1. The molecule has 0 unspecified atom stereocenters. The van der Waals surface area contributed by atoms with Crippen LogP contribution in [0.5, 0.6) is 17.4 Å². The zero-order chi connectivity index (χ0) is 22.0. The van der Waals surface area contributed by atoms with E-state index in [-0.39, 0.29) is 17.6 Å². The van der Waals surface area contributed by atoms with Gasteiger partial charge in [-0.25, -0.2) is 4.98 Å². The number of nitrogens with zero attached hydrogens (tertiary/aromatic N) is 2. The fourth-order valence-corrected chi connectivity index (χ4v) is 4.49. The van der Waals surface area contributed by atoms with Gasteiger partial charge in [-0.3, -0.25) is 4.90 Å². The molecule has 1 aromatic carbocycles. The summed E-state index contributed by atoms with van der Waals surface area (Å²) in [7, 11) is 1.67. The van der Waals surface area contributed by atoms with E-state index in [4.69, 9.17) is 19.2 Å². The third-order valence-electron chi connectivity index (χ3n) is 6.19. The van der Waals surface area contributed by atoms with Gasteiger partial charge in [-0.05, 0) is 37.8 Å². The minimum absolute atomic E-state index is 0.0532. The molecule has 2 aliphatic rings. The highest BCUT2D eigenvalue weighted by atomic mass is 16.5. The topological polar surface area (TPSA) is 55.9 Å². The van der Waals surface area contributed by atoms with Crippen molar-refractivity contribution in [2.45, 2.75) is 58.2 Å². The van der Waals surface area contributed by atoms with Gasteiger partial charge in [-0.2, -0.15) is 0 Å². The van der Waals surface area contributed by atoms with Gasteiger partial charge in [0.1, 0.15) is 5.75 Å². The number of ether oxygens (including phenoxy) is 3. The predicted molar refractivity (Wildman–Crippen MR) is 122 cm³/mol. The van der Waals surface area contributed by atoms with E-state index in [0.717, 1.165) is 49.8 Å². The summed E-state index contributed by atoms with van der Waals surface area (Å²) in [5, 5.41) is 3.66. The lowest BCUT2D eigenvalue weighted by atomic mass is 9.80. The molecular formula is C25H35N3O3. The summed E-state index contributed by atoms with van der Waals surface area (Å²) in [6.45, 7) is 13.0. The first-order valence-electron chi connectivity index (χ1n) is 11.3. The van der Waals surface area contributed by atoms with E-state index in [1.54, 1.807) is 7.11 Å². The molecule has 2 aromatic rings. The molecule has 31 heavy (non-hydrogen) atoms. The zero-order valence-corrected chi connectivity index (χ0v) is 19.4. The van der Waals surface area contributed by atoms with Crippen LogP contribution in [0.3, 0.4) is 0 Å². The minimum atomic E-state index is 0.0532. The van der Waals surface area contributed by atoms with Crippen LogP contribution in [0.2, 0.25) is 0 Å². The van der Waals surface area contributed by atoms with Crippen LogP contribution in [0.25, 0.3) is 0 Å². The number of fused-ring (bicyclic) bond motifs is 1. The van der Waals surface area contributed by atoms with Gasteiger partial charge in [0.25, 0.3) is 5.88 Å². The summed E-state index contributed by atoms with van der Waals surface area (Å²) >= 11 is 0. The smallest absolute Gasteiger partial charge is 0.257 e. The number of nitrogens with one attached hydrogen (secondary N) is 1. The van der Waals surface area contributed by atoms with E-state index in [2.05, 4.69) is 62.2 Å². The molecule has 1 atom stereocenters. The van der Waals surface area contributed by atoms with Crippen LogP contribution in [0.1, 0.15) is 57.0 Å². The molecule has 3 heterocycles. The number of hydrogen-bond acceptors (Lipinski definition) is 6. The Labute approximate surface area is 185 Å². The quantitative estimate of drug-likeness (QED) is 0.753. The average molecular weight is 426 g/mol. The normalized spacial score (nSPS) is 20.8. The Kier molecular flexibility index (Phi) is 6.39. The van der Waals surface area contributed by atoms with Crippen molar-refractivity contribution in [3.63, 3.8) is 0 Å². The Bertz CT molecular complexity index is 913. The lowest BCUT2D eigenvalue weighted by molar-refractivity contribution is 0.182. The van der Waals surface area contributed by atoms with Gasteiger partial charge < -0.3 is 19.5 Å². The first kappa shape index (κ1) is 21.9. The molecule has 1 aromatic heterocycles. The van der Waals surface area contributed by atoms with Crippen molar-refractivity contribution in [2.75, 3.05) is 33.4 Å². The Balaban J connectivity index is 1.55. The van der Waals surface area contributed by atoms with E-state index < -0.39 is 0 Å². The number of benzene rings is 1. The van der Waals surface area contributed by atoms with Crippen molar-refractivity contribution >= 4 is 0 Å². The van der Waals surface area contributed by atoms with Gasteiger partial charge in [0, 0.05) is 43.3 Å². The molecule has 168 valence electrons. The Hall–Kier alpha value is -2.31. The van der Waals surface area contributed by atoms with Crippen LogP contribution in [-0.4, -0.2) is 49.3 Å². The minimum Gasteiger partial charge on any atom is -0.491 e. The van der Waals surface area contributed by atoms with Crippen molar-refractivity contribution < 1.29 is 14.2 Å². The first-order valence-corrected chi connectivity index (χ1v) is 11.3. The number of methoxy groups -OCH3 is 1. The van der Waals surface area contributed by atoms with E-state index in [0.29, 0.717) is 12.5 Å². The summed E-state index contributed by atoms with van der Waals surface area (Å²) in [6, 6.07) is 10.8. The monoisotopic (exact) mass is 425 g/mol. The third-order valence-corrected chi connectivity index (χ3v) is 6.19. The molecule has 0 spiro atoms. The lowest BCUT2D eigenvalue weighted by Gasteiger charge is -2.36. The van der Waals surface area contributed by atoms with Crippen molar-refractivity contribution in [1.29, 1.82) is 0 Å². The Morgan fingerprint density at radius 1 is 1.29 bits per heavy atom. The van der Waals surface area contributed by atoms with Gasteiger partial charge in [-0.1, -0.05) is 32.0 Å². The first-order chi connectivity index (χ1) is 14.9. The molecule has 6 heteroatoms. The molecule has 0 radical (unpaired) electrons.